The first-order valence-corrected chi connectivity index (χ1v) is 11.3. The minimum atomic E-state index is -3.38. The molecule has 1 amide bonds. The van der Waals surface area contributed by atoms with E-state index < -0.39 is 27.4 Å². The molecule has 6 nitrogen and oxygen atoms in total. The average Bonchev–Trinajstić information content (AvgIpc) is 3.05. The topological polar surface area (TPSA) is 70.6 Å². The van der Waals surface area contributed by atoms with Crippen molar-refractivity contribution in [2.45, 2.75) is 4.90 Å². The number of hydrogen-bond acceptors (Lipinski definition) is 6. The van der Waals surface area contributed by atoms with Crippen LogP contribution in [0.4, 0.5) is 13.9 Å². The number of halogens is 3. The number of thiazole rings is 1. The van der Waals surface area contributed by atoms with Crippen molar-refractivity contribution in [2.75, 3.05) is 38.3 Å². The number of carbonyl (C=O) groups is 1. The van der Waals surface area contributed by atoms with E-state index in [4.69, 9.17) is 0 Å². The number of aromatic nitrogens is 1. The number of likely N-dealkylation sites (N-methyl/N-ethyl adjacent to an activating group) is 1. The van der Waals surface area contributed by atoms with Gasteiger partial charge < -0.3 is 4.90 Å². The zero-order valence-corrected chi connectivity index (χ0v) is 18.9. The predicted octanol–water partition coefficient (Wildman–Crippen LogP) is 3.61. The lowest BCUT2D eigenvalue weighted by Gasteiger charge is -2.22. The first kappa shape index (κ1) is 24.1. The molecule has 1 aromatic heterocycles. The van der Waals surface area contributed by atoms with Crippen LogP contribution in [-0.4, -0.2) is 57.6 Å². The van der Waals surface area contributed by atoms with Gasteiger partial charge >= 0.3 is 0 Å². The molecule has 30 heavy (non-hydrogen) atoms. The zero-order valence-electron chi connectivity index (χ0n) is 16.4. The number of fused-ring (bicyclic) bond motifs is 1. The van der Waals surface area contributed by atoms with Gasteiger partial charge in [-0.2, -0.15) is 0 Å². The van der Waals surface area contributed by atoms with Crippen LogP contribution >= 0.6 is 23.7 Å². The molecule has 0 atom stereocenters. The van der Waals surface area contributed by atoms with Crippen LogP contribution in [0.2, 0.25) is 0 Å². The van der Waals surface area contributed by atoms with Crippen molar-refractivity contribution < 1.29 is 22.0 Å². The lowest BCUT2D eigenvalue weighted by Crippen LogP contribution is -2.36. The summed E-state index contributed by atoms with van der Waals surface area (Å²) in [6.45, 7) is 0.781. The van der Waals surface area contributed by atoms with Crippen molar-refractivity contribution >= 4 is 54.8 Å². The van der Waals surface area contributed by atoms with E-state index in [9.17, 15) is 22.0 Å². The SMILES string of the molecule is CN(C)CCN(C(=O)c1ccc(F)c(F)c1)c1nc2ccc(S(C)(=O)=O)cc2s1.Cl. The average molecular weight is 476 g/mol. The Bertz CT molecular complexity index is 1180. The predicted molar refractivity (Wildman–Crippen MR) is 117 cm³/mol. The highest BCUT2D eigenvalue weighted by Gasteiger charge is 2.23. The number of carbonyl (C=O) groups excluding carboxylic acids is 1. The smallest absolute Gasteiger partial charge is 0.260 e. The number of nitrogens with zero attached hydrogens (tertiary/aromatic N) is 3. The maximum atomic E-state index is 13.6. The van der Waals surface area contributed by atoms with Gasteiger partial charge in [0.05, 0.1) is 15.1 Å². The molecule has 0 fully saturated rings. The third kappa shape index (κ3) is 5.31. The molecule has 3 aromatic rings. The van der Waals surface area contributed by atoms with E-state index in [2.05, 4.69) is 4.98 Å². The molecule has 0 N–H and O–H groups in total. The van der Waals surface area contributed by atoms with E-state index in [1.807, 2.05) is 19.0 Å². The van der Waals surface area contributed by atoms with Gasteiger partial charge in [-0.1, -0.05) is 11.3 Å². The van der Waals surface area contributed by atoms with E-state index in [1.54, 1.807) is 6.07 Å². The zero-order chi connectivity index (χ0) is 21.3. The van der Waals surface area contributed by atoms with Gasteiger partial charge in [-0.05, 0) is 50.5 Å². The summed E-state index contributed by atoms with van der Waals surface area (Å²) in [7, 11) is 0.308. The number of amides is 1. The van der Waals surface area contributed by atoms with Crippen LogP contribution in [0.3, 0.4) is 0 Å². The highest BCUT2D eigenvalue weighted by Crippen LogP contribution is 2.31. The Balaban J connectivity index is 0.00000320. The fourth-order valence-electron chi connectivity index (χ4n) is 2.61. The molecule has 3 rings (SSSR count). The second-order valence-corrected chi connectivity index (χ2v) is 9.81. The maximum Gasteiger partial charge on any atom is 0.260 e. The molecule has 0 saturated heterocycles. The standard InChI is InChI=1S/C19H19F2N3O3S2.ClH/c1-23(2)8-9-24(18(25)12-4-6-14(20)15(21)10-12)19-22-16-7-5-13(29(3,26)27)11-17(16)28-19;/h4-7,10-11H,8-9H2,1-3H3;1H. The summed E-state index contributed by atoms with van der Waals surface area (Å²) in [4.78, 5) is 20.9. The van der Waals surface area contributed by atoms with Crippen molar-refractivity contribution in [3.05, 3.63) is 53.6 Å². The molecule has 0 radical (unpaired) electrons. The van der Waals surface area contributed by atoms with Crippen molar-refractivity contribution in [1.82, 2.24) is 9.88 Å². The molecule has 1 heterocycles. The summed E-state index contributed by atoms with van der Waals surface area (Å²) in [5.41, 5.74) is 0.545. The largest absolute Gasteiger partial charge is 0.308 e. The summed E-state index contributed by atoms with van der Waals surface area (Å²) in [5, 5.41) is 0.349. The van der Waals surface area contributed by atoms with Crippen LogP contribution in [0.25, 0.3) is 10.2 Å². The van der Waals surface area contributed by atoms with Gasteiger partial charge in [0, 0.05) is 24.9 Å². The van der Waals surface area contributed by atoms with Gasteiger partial charge in [0.15, 0.2) is 26.6 Å². The van der Waals surface area contributed by atoms with Crippen molar-refractivity contribution in [2.24, 2.45) is 0 Å². The molecule has 0 spiro atoms. The molecular weight excluding hydrogens is 456 g/mol. The van der Waals surface area contributed by atoms with Crippen LogP contribution in [0.15, 0.2) is 41.3 Å². The van der Waals surface area contributed by atoms with Gasteiger partial charge in [0.25, 0.3) is 5.91 Å². The van der Waals surface area contributed by atoms with Crippen molar-refractivity contribution in [3.63, 3.8) is 0 Å². The van der Waals surface area contributed by atoms with E-state index in [0.29, 0.717) is 21.9 Å². The van der Waals surface area contributed by atoms with Crippen molar-refractivity contribution in [3.8, 4) is 0 Å². The molecule has 0 aliphatic carbocycles. The van der Waals surface area contributed by atoms with Gasteiger partial charge in [-0.3, -0.25) is 9.69 Å². The Morgan fingerprint density at radius 2 is 1.77 bits per heavy atom. The van der Waals surface area contributed by atoms with E-state index in [1.165, 1.54) is 23.1 Å². The third-order valence-corrected chi connectivity index (χ3v) is 6.34. The summed E-state index contributed by atoms with van der Waals surface area (Å²) in [5.74, 6) is -2.66. The Morgan fingerprint density at radius 3 is 2.37 bits per heavy atom. The molecule has 0 aliphatic heterocycles. The molecular formula is C19H20ClF2N3O3S2. The van der Waals surface area contributed by atoms with E-state index in [0.717, 1.165) is 29.7 Å². The Labute approximate surface area is 183 Å². The first-order chi connectivity index (χ1) is 13.6. The van der Waals surface area contributed by atoms with Crippen molar-refractivity contribution in [1.29, 1.82) is 0 Å². The third-order valence-electron chi connectivity index (χ3n) is 4.19. The maximum absolute atomic E-state index is 13.6. The van der Waals surface area contributed by atoms with Crippen LogP contribution in [0.1, 0.15) is 10.4 Å². The number of rotatable bonds is 6. The quantitative estimate of drug-likeness (QED) is 0.544. The lowest BCUT2D eigenvalue weighted by atomic mass is 10.2. The highest BCUT2D eigenvalue weighted by atomic mass is 35.5. The second-order valence-electron chi connectivity index (χ2n) is 6.79. The van der Waals surface area contributed by atoms with Crippen LogP contribution < -0.4 is 4.90 Å². The van der Waals surface area contributed by atoms with Crippen LogP contribution in [0.5, 0.6) is 0 Å². The van der Waals surface area contributed by atoms with E-state index >= 15 is 0 Å². The molecule has 0 aliphatic rings. The fraction of sp³-hybridized carbons (Fsp3) is 0.263. The summed E-state index contributed by atoms with van der Waals surface area (Å²) < 4.78 is 51.1. The number of benzene rings is 2. The Hall–Kier alpha value is -2.14. The monoisotopic (exact) mass is 475 g/mol. The number of sulfone groups is 1. The highest BCUT2D eigenvalue weighted by molar-refractivity contribution is 7.90. The fourth-order valence-corrected chi connectivity index (χ4v) is 4.36. The second kappa shape index (κ2) is 9.34. The Kier molecular flexibility index (Phi) is 7.51. The summed E-state index contributed by atoms with van der Waals surface area (Å²) in [6.07, 6.45) is 1.12. The number of anilines is 1. The molecule has 2 aromatic carbocycles. The van der Waals surface area contributed by atoms with E-state index in [-0.39, 0.29) is 29.4 Å². The summed E-state index contributed by atoms with van der Waals surface area (Å²) >= 11 is 1.16. The van der Waals surface area contributed by atoms with Gasteiger partial charge in [0.1, 0.15) is 0 Å². The van der Waals surface area contributed by atoms with Crippen LogP contribution in [-0.2, 0) is 9.84 Å². The van der Waals surface area contributed by atoms with Crippen LogP contribution in [0, 0.1) is 11.6 Å². The number of hydrogen-bond donors (Lipinski definition) is 0. The van der Waals surface area contributed by atoms with Gasteiger partial charge in [-0.25, -0.2) is 22.2 Å². The molecule has 11 heteroatoms. The lowest BCUT2D eigenvalue weighted by molar-refractivity contribution is 0.0984. The molecule has 0 unspecified atom stereocenters. The Morgan fingerprint density at radius 1 is 1.07 bits per heavy atom. The molecule has 0 bridgehead atoms. The summed E-state index contributed by atoms with van der Waals surface area (Å²) in [6, 6.07) is 7.54. The van der Waals surface area contributed by atoms with Gasteiger partial charge in [0.2, 0.25) is 0 Å². The normalized spacial score (nSPS) is 11.5. The van der Waals surface area contributed by atoms with Gasteiger partial charge in [-0.15, -0.1) is 12.4 Å². The molecule has 0 saturated carbocycles. The molecule has 162 valence electrons. The minimum absolute atomic E-state index is 0. The first-order valence-electron chi connectivity index (χ1n) is 8.58. The minimum Gasteiger partial charge on any atom is -0.308 e.